The predicted molar refractivity (Wildman–Crippen MR) is 46.9 cm³/mol. The molecule has 1 heterocycles. The third-order valence-electron chi connectivity index (χ3n) is 1.66. The zero-order valence-electron chi connectivity index (χ0n) is 7.15. The van der Waals surface area contributed by atoms with Crippen LogP contribution in [0.4, 0.5) is 13.2 Å². The lowest BCUT2D eigenvalue weighted by Crippen LogP contribution is -2.26. The summed E-state index contributed by atoms with van der Waals surface area (Å²) >= 11 is 5.29. The second-order valence-electron chi connectivity index (χ2n) is 2.67. The van der Waals surface area contributed by atoms with Gasteiger partial charge in [0, 0.05) is 11.9 Å². The summed E-state index contributed by atoms with van der Waals surface area (Å²) in [6.07, 6.45) is -3.98. The number of nitrogens with one attached hydrogen (secondary N) is 1. The molecule has 0 saturated carbocycles. The lowest BCUT2D eigenvalue weighted by Gasteiger charge is -2.20. The Morgan fingerprint density at radius 1 is 1.53 bits per heavy atom. The Hall–Kier alpha value is -1.43. The highest BCUT2D eigenvalue weighted by Gasteiger charge is 2.42. The molecule has 0 aromatic rings. The highest BCUT2D eigenvalue weighted by molar-refractivity contribution is 6.32. The standard InChI is InChI=1S/C8H5ClF3NO2/c1-3-5(7(14)15)6(8(10,11)12)4(9)2-13-3/h2,13H,1H2,(H,14,15). The van der Waals surface area contributed by atoms with Gasteiger partial charge in [-0.05, 0) is 0 Å². The van der Waals surface area contributed by atoms with Gasteiger partial charge in [-0.25, -0.2) is 4.79 Å². The van der Waals surface area contributed by atoms with E-state index in [1.807, 2.05) is 0 Å². The molecule has 0 bridgehead atoms. The fourth-order valence-corrected chi connectivity index (χ4v) is 1.33. The largest absolute Gasteiger partial charge is 0.478 e. The van der Waals surface area contributed by atoms with Crippen LogP contribution in [0.2, 0.25) is 0 Å². The molecule has 3 nitrogen and oxygen atoms in total. The Labute approximate surface area is 87.5 Å². The molecule has 0 fully saturated rings. The van der Waals surface area contributed by atoms with Crippen LogP contribution in [-0.4, -0.2) is 17.3 Å². The summed E-state index contributed by atoms with van der Waals surface area (Å²) in [4.78, 5) is 10.6. The van der Waals surface area contributed by atoms with Gasteiger partial charge in [0.25, 0.3) is 0 Å². The zero-order valence-corrected chi connectivity index (χ0v) is 7.91. The molecule has 0 unspecified atom stereocenters. The number of rotatable bonds is 1. The number of carbonyl (C=O) groups is 1. The van der Waals surface area contributed by atoms with Crippen LogP contribution in [-0.2, 0) is 4.79 Å². The van der Waals surface area contributed by atoms with Crippen LogP contribution in [0.1, 0.15) is 0 Å². The van der Waals surface area contributed by atoms with E-state index in [2.05, 4.69) is 11.9 Å². The van der Waals surface area contributed by atoms with Gasteiger partial charge in [-0.15, -0.1) is 0 Å². The number of aliphatic carboxylic acids is 1. The van der Waals surface area contributed by atoms with Crippen LogP contribution >= 0.6 is 11.6 Å². The molecular formula is C8H5ClF3NO2. The Kier molecular flexibility index (Phi) is 2.81. The highest BCUT2D eigenvalue weighted by Crippen LogP contribution is 2.38. The fourth-order valence-electron chi connectivity index (χ4n) is 1.08. The lowest BCUT2D eigenvalue weighted by atomic mass is 10.0. The first-order valence-electron chi connectivity index (χ1n) is 3.61. The molecule has 0 radical (unpaired) electrons. The Balaban J connectivity index is 3.45. The molecule has 0 aromatic carbocycles. The van der Waals surface area contributed by atoms with Crippen LogP contribution in [0.15, 0.2) is 34.7 Å². The van der Waals surface area contributed by atoms with E-state index < -0.39 is 28.3 Å². The summed E-state index contributed by atoms with van der Waals surface area (Å²) in [5, 5.41) is 10.2. The topological polar surface area (TPSA) is 49.3 Å². The van der Waals surface area contributed by atoms with E-state index in [9.17, 15) is 18.0 Å². The van der Waals surface area contributed by atoms with E-state index in [1.165, 1.54) is 0 Å². The Bertz CT molecular complexity index is 395. The smallest absolute Gasteiger partial charge is 0.418 e. The van der Waals surface area contributed by atoms with Gasteiger partial charge in [-0.2, -0.15) is 13.2 Å². The van der Waals surface area contributed by atoms with Crippen LogP contribution < -0.4 is 5.32 Å². The molecule has 1 rings (SSSR count). The number of carboxylic acids is 1. The van der Waals surface area contributed by atoms with E-state index in [0.29, 0.717) is 0 Å². The van der Waals surface area contributed by atoms with Gasteiger partial charge in [0.05, 0.1) is 16.2 Å². The monoisotopic (exact) mass is 239 g/mol. The maximum atomic E-state index is 12.5. The summed E-state index contributed by atoms with van der Waals surface area (Å²) < 4.78 is 37.4. The maximum Gasteiger partial charge on any atom is 0.418 e. The molecule has 0 atom stereocenters. The average molecular weight is 240 g/mol. The summed E-state index contributed by atoms with van der Waals surface area (Å²) in [7, 11) is 0. The molecule has 82 valence electrons. The molecule has 15 heavy (non-hydrogen) atoms. The first-order valence-corrected chi connectivity index (χ1v) is 3.99. The minimum absolute atomic E-state index is 0.348. The predicted octanol–water partition coefficient (Wildman–Crippen LogP) is 2.13. The van der Waals surface area contributed by atoms with E-state index in [4.69, 9.17) is 16.7 Å². The Morgan fingerprint density at radius 3 is 2.40 bits per heavy atom. The minimum Gasteiger partial charge on any atom is -0.478 e. The second-order valence-corrected chi connectivity index (χ2v) is 3.08. The number of hydrogen-bond acceptors (Lipinski definition) is 2. The molecule has 0 saturated heterocycles. The van der Waals surface area contributed by atoms with Crippen molar-refractivity contribution >= 4 is 17.6 Å². The molecule has 0 aliphatic carbocycles. The molecule has 0 amide bonds. The highest BCUT2D eigenvalue weighted by atomic mass is 35.5. The van der Waals surface area contributed by atoms with E-state index in [0.717, 1.165) is 6.20 Å². The second kappa shape index (κ2) is 3.62. The summed E-state index contributed by atoms with van der Waals surface area (Å²) in [5.41, 5.74) is -2.70. The van der Waals surface area contributed by atoms with Crippen molar-refractivity contribution in [3.05, 3.63) is 34.7 Å². The Morgan fingerprint density at radius 2 is 2.07 bits per heavy atom. The van der Waals surface area contributed by atoms with E-state index >= 15 is 0 Å². The molecule has 1 aliphatic rings. The van der Waals surface area contributed by atoms with Crippen molar-refractivity contribution in [3.8, 4) is 0 Å². The number of alkyl halides is 3. The van der Waals surface area contributed by atoms with Gasteiger partial charge in [0.1, 0.15) is 0 Å². The molecular weight excluding hydrogens is 235 g/mol. The van der Waals surface area contributed by atoms with Crippen LogP contribution in [0.3, 0.4) is 0 Å². The van der Waals surface area contributed by atoms with Crippen LogP contribution in [0.5, 0.6) is 0 Å². The summed E-state index contributed by atoms with van der Waals surface area (Å²) in [5.74, 6) is -1.73. The van der Waals surface area contributed by atoms with Crippen molar-refractivity contribution in [3.63, 3.8) is 0 Å². The van der Waals surface area contributed by atoms with Crippen molar-refractivity contribution in [1.82, 2.24) is 5.32 Å². The van der Waals surface area contributed by atoms with Crippen LogP contribution in [0.25, 0.3) is 0 Å². The zero-order chi connectivity index (χ0) is 11.8. The van der Waals surface area contributed by atoms with Crippen molar-refractivity contribution in [2.24, 2.45) is 0 Å². The maximum absolute atomic E-state index is 12.5. The normalized spacial score (nSPS) is 17.3. The molecule has 1 aliphatic heterocycles. The van der Waals surface area contributed by atoms with Crippen molar-refractivity contribution < 1.29 is 23.1 Å². The number of dihydropyridines is 1. The van der Waals surface area contributed by atoms with Gasteiger partial charge in [0.2, 0.25) is 0 Å². The van der Waals surface area contributed by atoms with Crippen molar-refractivity contribution in [2.75, 3.05) is 0 Å². The lowest BCUT2D eigenvalue weighted by molar-refractivity contribution is -0.133. The van der Waals surface area contributed by atoms with Gasteiger partial charge in [-0.3, -0.25) is 0 Å². The quantitative estimate of drug-likeness (QED) is 0.737. The minimum atomic E-state index is -4.83. The van der Waals surface area contributed by atoms with E-state index in [1.54, 1.807) is 0 Å². The molecule has 7 heteroatoms. The summed E-state index contributed by atoms with van der Waals surface area (Å²) in [6.45, 7) is 3.16. The van der Waals surface area contributed by atoms with Crippen LogP contribution in [0, 0.1) is 0 Å². The van der Waals surface area contributed by atoms with Gasteiger partial charge < -0.3 is 10.4 Å². The van der Waals surface area contributed by atoms with Gasteiger partial charge in [0.15, 0.2) is 0 Å². The number of allylic oxidation sites excluding steroid dienone is 2. The van der Waals surface area contributed by atoms with E-state index in [-0.39, 0.29) is 5.70 Å². The van der Waals surface area contributed by atoms with Crippen molar-refractivity contribution in [2.45, 2.75) is 6.18 Å². The first-order chi connectivity index (χ1) is 6.75. The third kappa shape index (κ3) is 2.15. The number of halogens is 4. The molecule has 2 N–H and O–H groups in total. The number of carboxylic acid groups (broad SMARTS) is 1. The van der Waals surface area contributed by atoms with Gasteiger partial charge >= 0.3 is 12.1 Å². The van der Waals surface area contributed by atoms with Crippen molar-refractivity contribution in [1.29, 1.82) is 0 Å². The van der Waals surface area contributed by atoms with Gasteiger partial charge in [-0.1, -0.05) is 18.2 Å². The first kappa shape index (κ1) is 11.6. The SMILES string of the molecule is C=C1NC=C(Cl)C(C(F)(F)F)=C1C(=O)O. The molecule has 0 spiro atoms. The number of hydrogen-bond donors (Lipinski definition) is 2. The summed E-state index contributed by atoms with van der Waals surface area (Å²) in [6, 6.07) is 0. The average Bonchev–Trinajstić information content (AvgIpc) is 2.05. The fraction of sp³-hybridized carbons (Fsp3) is 0.125. The third-order valence-corrected chi connectivity index (χ3v) is 1.96. The molecule has 0 aromatic heterocycles.